The molecule has 0 amide bonds. The van der Waals surface area contributed by atoms with Gasteiger partial charge in [-0.25, -0.2) is 14.4 Å². The Labute approximate surface area is 187 Å². The number of nitrogens with one attached hydrogen (secondary N) is 2. The van der Waals surface area contributed by atoms with Crippen molar-refractivity contribution in [1.82, 2.24) is 14.6 Å². The van der Waals surface area contributed by atoms with Crippen molar-refractivity contribution in [2.45, 2.75) is 31.0 Å². The number of H-pyrrole nitrogens is 1. The molecular formula is C17H17ClF4N3O7P. The molecule has 10 nitrogen and oxygen atoms in total. The number of benzene rings is 1. The van der Waals surface area contributed by atoms with Gasteiger partial charge in [0, 0.05) is 11.4 Å². The minimum atomic E-state index is -4.74. The summed E-state index contributed by atoms with van der Waals surface area (Å²) in [4.78, 5) is 24.8. The maximum atomic E-state index is 13.5. The van der Waals surface area contributed by atoms with Gasteiger partial charge in [-0.1, -0.05) is 11.6 Å². The molecule has 0 radical (unpaired) electrons. The Morgan fingerprint density at radius 1 is 1.30 bits per heavy atom. The van der Waals surface area contributed by atoms with Crippen LogP contribution < -0.4 is 20.9 Å². The Morgan fingerprint density at radius 3 is 2.61 bits per heavy atom. The lowest BCUT2D eigenvalue weighted by Gasteiger charge is -2.23. The first-order valence-corrected chi connectivity index (χ1v) is 11.1. The fraction of sp³-hybridized carbons (Fsp3) is 0.412. The Kier molecular flexibility index (Phi) is 7.66. The zero-order valence-corrected chi connectivity index (χ0v) is 18.1. The second-order valence-corrected chi connectivity index (χ2v) is 9.05. The zero-order valence-electron chi connectivity index (χ0n) is 16.4. The third-order valence-corrected chi connectivity index (χ3v) is 6.10. The smallest absolute Gasteiger partial charge is 0.413 e. The molecule has 1 unspecified atom stereocenters. The van der Waals surface area contributed by atoms with Gasteiger partial charge in [-0.2, -0.15) is 17.6 Å². The highest BCUT2D eigenvalue weighted by Gasteiger charge is 2.40. The summed E-state index contributed by atoms with van der Waals surface area (Å²) in [5, 5.41) is 12.2. The number of hydrogen-bond donors (Lipinski definition) is 3. The van der Waals surface area contributed by atoms with Gasteiger partial charge in [0.15, 0.2) is 0 Å². The molecule has 0 bridgehead atoms. The van der Waals surface area contributed by atoms with Crippen LogP contribution in [0.1, 0.15) is 12.6 Å². The van der Waals surface area contributed by atoms with Crippen LogP contribution in [-0.2, 0) is 13.8 Å². The number of aromatic amines is 1. The van der Waals surface area contributed by atoms with Gasteiger partial charge in [0.2, 0.25) is 5.82 Å². The van der Waals surface area contributed by atoms with Gasteiger partial charge in [-0.3, -0.25) is 18.9 Å². The molecule has 1 aromatic heterocycles. The highest BCUT2D eigenvalue weighted by molar-refractivity contribution is 7.52. The Hall–Kier alpha value is -2.22. The van der Waals surface area contributed by atoms with Crippen LogP contribution in [-0.4, -0.2) is 46.2 Å². The van der Waals surface area contributed by atoms with Crippen LogP contribution in [0, 0.1) is 5.82 Å². The first-order chi connectivity index (χ1) is 15.3. The number of halogens is 5. The predicted molar refractivity (Wildman–Crippen MR) is 106 cm³/mol. The molecule has 16 heteroatoms. The van der Waals surface area contributed by atoms with Gasteiger partial charge in [0.05, 0.1) is 18.9 Å². The Morgan fingerprint density at radius 2 is 1.97 bits per heavy atom. The molecule has 33 heavy (non-hydrogen) atoms. The van der Waals surface area contributed by atoms with Crippen LogP contribution in [0.3, 0.4) is 0 Å². The van der Waals surface area contributed by atoms with Crippen molar-refractivity contribution in [1.29, 1.82) is 0 Å². The average Bonchev–Trinajstić information content (AvgIpc) is 3.09. The molecule has 1 aliphatic heterocycles. The first-order valence-electron chi connectivity index (χ1n) is 9.21. The summed E-state index contributed by atoms with van der Waals surface area (Å²) in [5.41, 5.74) is -2.26. The van der Waals surface area contributed by atoms with Gasteiger partial charge in [0.1, 0.15) is 24.6 Å². The lowest BCUT2D eigenvalue weighted by molar-refractivity contribution is -0.122. The topological polar surface area (TPSA) is 132 Å². The third kappa shape index (κ3) is 6.88. The van der Waals surface area contributed by atoms with Crippen molar-refractivity contribution in [2.24, 2.45) is 0 Å². The number of nitrogens with zero attached hydrogens (tertiary/aromatic N) is 1. The van der Waals surface area contributed by atoms with E-state index in [0.717, 1.165) is 0 Å². The molecule has 182 valence electrons. The molecule has 1 fully saturated rings. The van der Waals surface area contributed by atoms with Crippen LogP contribution in [0.2, 0.25) is 5.02 Å². The van der Waals surface area contributed by atoms with Crippen molar-refractivity contribution in [2.75, 3.05) is 13.2 Å². The van der Waals surface area contributed by atoms with Gasteiger partial charge in [-0.15, -0.1) is 0 Å². The fourth-order valence-corrected chi connectivity index (χ4v) is 4.26. The molecule has 1 saturated heterocycles. The lowest BCUT2D eigenvalue weighted by Crippen LogP contribution is -2.34. The maximum Gasteiger partial charge on any atom is 0.459 e. The maximum absolute atomic E-state index is 13.5. The minimum Gasteiger partial charge on any atom is -0.413 e. The number of rotatable bonds is 8. The molecule has 0 aliphatic carbocycles. The molecule has 3 rings (SSSR count). The fourth-order valence-electron chi connectivity index (χ4n) is 2.81. The Bertz CT molecular complexity index is 1140. The van der Waals surface area contributed by atoms with Crippen molar-refractivity contribution in [3.63, 3.8) is 0 Å². The first kappa shape index (κ1) is 25.4. The number of ether oxygens (including phenoxy) is 1. The molecule has 2 aromatic rings. The normalized spacial score (nSPS) is 22.8. The van der Waals surface area contributed by atoms with Crippen molar-refractivity contribution in [3.8, 4) is 5.75 Å². The zero-order chi connectivity index (χ0) is 24.4. The highest BCUT2D eigenvalue weighted by atomic mass is 35.5. The molecule has 1 aromatic carbocycles. The van der Waals surface area contributed by atoms with Crippen LogP contribution >= 0.6 is 19.3 Å². The largest absolute Gasteiger partial charge is 0.459 e. The molecule has 2 heterocycles. The number of hydrogen-bond acceptors (Lipinski definition) is 7. The predicted octanol–water partition coefficient (Wildman–Crippen LogP) is 2.33. The van der Waals surface area contributed by atoms with Crippen LogP contribution in [0.5, 0.6) is 5.75 Å². The van der Waals surface area contributed by atoms with E-state index in [-0.39, 0.29) is 12.2 Å². The standard InChI is InChI=1S/C17H17ClF4N3O7P/c18-9-1-3-10(4-2-9)32-33(29,23-8-17(20,21)22)30-7-13-12(26)5-14(31-13)25-6-11(19)15(27)24-16(25)28/h1-4,6,12-14,26H,5,7-8H2,(H,23,29)(H,24,27,28)/t12-,13+,14+,33?/m0/s1. The van der Waals surface area contributed by atoms with Gasteiger partial charge >= 0.3 is 19.6 Å². The summed E-state index contributed by atoms with van der Waals surface area (Å²) in [6.45, 7) is -2.42. The highest BCUT2D eigenvalue weighted by Crippen LogP contribution is 2.46. The minimum absolute atomic E-state index is 0.113. The van der Waals surface area contributed by atoms with E-state index < -0.39 is 62.6 Å². The van der Waals surface area contributed by atoms with E-state index in [2.05, 4.69) is 0 Å². The summed E-state index contributed by atoms with van der Waals surface area (Å²) in [7, 11) is -4.63. The number of aliphatic hydroxyl groups is 1. The molecule has 0 saturated carbocycles. The van der Waals surface area contributed by atoms with Gasteiger partial charge < -0.3 is 14.4 Å². The van der Waals surface area contributed by atoms with Crippen LogP contribution in [0.25, 0.3) is 0 Å². The Balaban J connectivity index is 1.72. The lowest BCUT2D eigenvalue weighted by atomic mass is 10.2. The molecular weight excluding hydrogens is 501 g/mol. The quantitative estimate of drug-likeness (QED) is 0.359. The van der Waals surface area contributed by atoms with E-state index in [0.29, 0.717) is 15.8 Å². The second kappa shape index (κ2) is 9.95. The van der Waals surface area contributed by atoms with E-state index in [1.807, 2.05) is 0 Å². The number of alkyl halides is 3. The summed E-state index contributed by atoms with van der Waals surface area (Å²) < 4.78 is 80.6. The van der Waals surface area contributed by atoms with E-state index in [9.17, 15) is 36.8 Å². The summed E-state index contributed by atoms with van der Waals surface area (Å²) in [6.07, 6.45) is -8.24. The van der Waals surface area contributed by atoms with E-state index in [1.165, 1.54) is 24.3 Å². The van der Waals surface area contributed by atoms with E-state index >= 15 is 0 Å². The summed E-state index contributed by atoms with van der Waals surface area (Å²) in [6, 6.07) is 5.20. The number of aromatic nitrogens is 2. The van der Waals surface area contributed by atoms with Crippen LogP contribution in [0.15, 0.2) is 40.1 Å². The van der Waals surface area contributed by atoms with Crippen LogP contribution in [0.4, 0.5) is 17.6 Å². The summed E-state index contributed by atoms with van der Waals surface area (Å²) >= 11 is 5.73. The monoisotopic (exact) mass is 517 g/mol. The van der Waals surface area contributed by atoms with Gasteiger partial charge in [0.25, 0.3) is 5.56 Å². The van der Waals surface area contributed by atoms with E-state index in [4.69, 9.17) is 25.4 Å². The third-order valence-electron chi connectivity index (χ3n) is 4.36. The van der Waals surface area contributed by atoms with E-state index in [1.54, 1.807) is 10.1 Å². The molecule has 3 N–H and O–H groups in total. The van der Waals surface area contributed by atoms with Gasteiger partial charge in [-0.05, 0) is 24.3 Å². The summed E-state index contributed by atoms with van der Waals surface area (Å²) in [5.74, 6) is -1.39. The molecule has 1 aliphatic rings. The van der Waals surface area contributed by atoms with Crippen molar-refractivity contribution < 1.29 is 41.0 Å². The average molecular weight is 518 g/mol. The van der Waals surface area contributed by atoms with Crippen molar-refractivity contribution in [3.05, 3.63) is 62.1 Å². The molecule has 4 atom stereocenters. The van der Waals surface area contributed by atoms with Crippen molar-refractivity contribution >= 4 is 19.3 Å². The number of aliphatic hydroxyl groups excluding tert-OH is 1. The second-order valence-electron chi connectivity index (χ2n) is 6.86. The molecule has 0 spiro atoms. The SMILES string of the molecule is O=c1[nH]c(=O)n([C@H]2C[C@H](O)[C@@H](COP(=O)(NCC(F)(F)F)Oc3ccc(Cl)cc3)O2)cc1F.